The zero-order chi connectivity index (χ0) is 25.0. The molecule has 1 aliphatic rings. The summed E-state index contributed by atoms with van der Waals surface area (Å²) in [6.07, 6.45) is 1.40. The van der Waals surface area contributed by atoms with Crippen LogP contribution in [-0.4, -0.2) is 33.1 Å². The Bertz CT molecular complexity index is 1160. The predicted octanol–water partition coefficient (Wildman–Crippen LogP) is 5.12. The lowest BCUT2D eigenvalue weighted by Crippen LogP contribution is -2.45. The van der Waals surface area contributed by atoms with Crippen molar-refractivity contribution in [3.8, 4) is 11.1 Å². The predicted molar refractivity (Wildman–Crippen MR) is 122 cm³/mol. The van der Waals surface area contributed by atoms with Crippen LogP contribution < -0.4 is 5.32 Å². The molecule has 1 amide bonds. The van der Waals surface area contributed by atoms with Crippen molar-refractivity contribution in [1.82, 2.24) is 15.3 Å². The summed E-state index contributed by atoms with van der Waals surface area (Å²) < 4.78 is 52.3. The van der Waals surface area contributed by atoms with Gasteiger partial charge in [-0.15, -0.1) is 0 Å². The van der Waals surface area contributed by atoms with Crippen molar-refractivity contribution in [3.63, 3.8) is 0 Å². The molecule has 2 heterocycles. The maximum absolute atomic E-state index is 13.2. The molecule has 35 heavy (non-hydrogen) atoms. The van der Waals surface area contributed by atoms with Crippen LogP contribution in [0.15, 0.2) is 54.9 Å². The average Bonchev–Trinajstić information content (AvgIpc) is 2.84. The van der Waals surface area contributed by atoms with E-state index in [0.717, 1.165) is 31.2 Å². The van der Waals surface area contributed by atoms with Crippen molar-refractivity contribution in [3.05, 3.63) is 83.2 Å². The number of hydrogen-bond donors (Lipinski definition) is 2. The molecule has 1 fully saturated rings. The summed E-state index contributed by atoms with van der Waals surface area (Å²) in [7, 11) is 0. The van der Waals surface area contributed by atoms with E-state index in [0.29, 0.717) is 48.2 Å². The number of alkyl halides is 3. The van der Waals surface area contributed by atoms with Gasteiger partial charge in [0, 0.05) is 23.1 Å². The topological polar surface area (TPSA) is 75.1 Å². The first-order chi connectivity index (χ1) is 16.7. The van der Waals surface area contributed by atoms with Crippen LogP contribution >= 0.6 is 0 Å². The number of aliphatic hydroxyl groups is 1. The Balaban J connectivity index is 1.62. The van der Waals surface area contributed by atoms with E-state index in [2.05, 4.69) is 15.3 Å². The second-order valence-corrected chi connectivity index (χ2v) is 8.69. The lowest BCUT2D eigenvalue weighted by Gasteiger charge is -2.28. The van der Waals surface area contributed by atoms with Crippen molar-refractivity contribution < 1.29 is 27.5 Å². The monoisotopic (exact) mass is 487 g/mol. The van der Waals surface area contributed by atoms with Crippen LogP contribution in [0.25, 0.3) is 11.1 Å². The lowest BCUT2D eigenvalue weighted by molar-refractivity contribution is -0.137. The van der Waals surface area contributed by atoms with Crippen LogP contribution in [0.5, 0.6) is 0 Å². The smallest absolute Gasteiger partial charge is 0.391 e. The molecular formula is C26H25F4N3O2. The van der Waals surface area contributed by atoms with Crippen LogP contribution in [0.1, 0.15) is 53.0 Å². The van der Waals surface area contributed by atoms with Gasteiger partial charge in [-0.05, 0) is 61.6 Å². The summed E-state index contributed by atoms with van der Waals surface area (Å²) in [6, 6.07) is 8.81. The second-order valence-electron chi connectivity index (χ2n) is 8.69. The number of nitrogens with one attached hydrogen (secondary N) is 1. The van der Waals surface area contributed by atoms with Crippen LogP contribution in [-0.2, 0) is 19.0 Å². The number of halogens is 4. The molecule has 2 aromatic heterocycles. The number of aromatic nitrogens is 2. The van der Waals surface area contributed by atoms with Gasteiger partial charge in [0.15, 0.2) is 0 Å². The highest BCUT2D eigenvalue weighted by Crippen LogP contribution is 2.32. The van der Waals surface area contributed by atoms with Crippen LogP contribution in [0.4, 0.5) is 17.6 Å². The Morgan fingerprint density at radius 3 is 2.40 bits per heavy atom. The molecule has 2 N–H and O–H groups in total. The SMILES string of the molecule is O=C(NC1CCCCC1O)c1cnc(CCc2ccc(F)cn2)c(-c2ccc(C(F)(F)F)cc2)c1. The quantitative estimate of drug-likeness (QED) is 0.474. The fourth-order valence-corrected chi connectivity index (χ4v) is 4.24. The van der Waals surface area contributed by atoms with Gasteiger partial charge in [-0.1, -0.05) is 25.0 Å². The van der Waals surface area contributed by atoms with Gasteiger partial charge in [-0.2, -0.15) is 13.2 Å². The molecule has 1 saturated carbocycles. The third-order valence-electron chi connectivity index (χ3n) is 6.21. The van der Waals surface area contributed by atoms with Gasteiger partial charge in [-0.25, -0.2) is 4.39 Å². The second kappa shape index (κ2) is 10.5. The third kappa shape index (κ3) is 6.22. The Morgan fingerprint density at radius 1 is 1.00 bits per heavy atom. The Morgan fingerprint density at radius 2 is 1.74 bits per heavy atom. The fraction of sp³-hybridized carbons (Fsp3) is 0.346. The molecule has 0 saturated heterocycles. The molecule has 9 heteroatoms. The van der Waals surface area contributed by atoms with Gasteiger partial charge in [0.25, 0.3) is 5.91 Å². The van der Waals surface area contributed by atoms with Crippen molar-refractivity contribution >= 4 is 5.91 Å². The molecule has 3 aromatic rings. The number of rotatable bonds is 6. The standard InChI is InChI=1S/C26H25F4N3O2/c27-19-9-10-20(31-15-19)11-12-22-21(16-5-7-18(8-6-16)26(28,29)30)13-17(14-32-22)25(35)33-23-3-1-2-4-24(23)34/h5-10,13-15,23-24,34H,1-4,11-12H2,(H,33,35). The number of hydrogen-bond acceptors (Lipinski definition) is 4. The number of benzene rings is 1. The molecule has 5 nitrogen and oxygen atoms in total. The molecule has 1 aromatic carbocycles. The highest BCUT2D eigenvalue weighted by Gasteiger charge is 2.30. The van der Waals surface area contributed by atoms with Gasteiger partial charge < -0.3 is 10.4 Å². The number of carbonyl (C=O) groups is 1. The summed E-state index contributed by atoms with van der Waals surface area (Å²) in [5, 5.41) is 13.0. The highest BCUT2D eigenvalue weighted by atomic mass is 19.4. The van der Waals surface area contributed by atoms with Crippen molar-refractivity contribution in [2.75, 3.05) is 0 Å². The first-order valence-corrected chi connectivity index (χ1v) is 11.5. The number of carbonyl (C=O) groups excluding carboxylic acids is 1. The van der Waals surface area contributed by atoms with Crippen molar-refractivity contribution in [2.45, 2.75) is 56.8 Å². The summed E-state index contributed by atoms with van der Waals surface area (Å²) in [5.74, 6) is -0.848. The molecule has 2 unspecified atom stereocenters. The lowest BCUT2D eigenvalue weighted by atomic mass is 9.92. The van der Waals surface area contributed by atoms with E-state index < -0.39 is 29.6 Å². The maximum atomic E-state index is 13.2. The Labute approximate surface area is 200 Å². The largest absolute Gasteiger partial charge is 0.416 e. The van der Waals surface area contributed by atoms with Crippen molar-refractivity contribution in [2.24, 2.45) is 0 Å². The fourth-order valence-electron chi connectivity index (χ4n) is 4.24. The number of aliphatic hydroxyl groups excluding tert-OH is 1. The number of amides is 1. The minimum absolute atomic E-state index is 0.251. The molecule has 0 radical (unpaired) electrons. The summed E-state index contributed by atoms with van der Waals surface area (Å²) in [4.78, 5) is 21.4. The van der Waals surface area contributed by atoms with E-state index >= 15 is 0 Å². The molecule has 2 atom stereocenters. The molecule has 0 spiro atoms. The van der Waals surface area contributed by atoms with Gasteiger partial charge in [0.2, 0.25) is 0 Å². The average molecular weight is 487 g/mol. The van der Waals surface area contributed by atoms with E-state index in [1.807, 2.05) is 0 Å². The minimum atomic E-state index is -4.46. The van der Waals surface area contributed by atoms with Gasteiger partial charge >= 0.3 is 6.18 Å². The molecule has 4 rings (SSSR count). The summed E-state index contributed by atoms with van der Waals surface area (Å²) >= 11 is 0. The molecule has 0 aliphatic heterocycles. The Hall–Kier alpha value is -3.33. The molecule has 184 valence electrons. The van der Waals surface area contributed by atoms with E-state index in [9.17, 15) is 27.5 Å². The third-order valence-corrected chi connectivity index (χ3v) is 6.21. The first-order valence-electron chi connectivity index (χ1n) is 11.5. The van der Waals surface area contributed by atoms with Gasteiger partial charge in [0.1, 0.15) is 5.82 Å². The number of nitrogens with zero attached hydrogens (tertiary/aromatic N) is 2. The van der Waals surface area contributed by atoms with Crippen molar-refractivity contribution in [1.29, 1.82) is 0 Å². The zero-order valence-corrected chi connectivity index (χ0v) is 18.9. The minimum Gasteiger partial charge on any atom is -0.391 e. The van der Waals surface area contributed by atoms with E-state index in [-0.39, 0.29) is 11.6 Å². The summed E-state index contributed by atoms with van der Waals surface area (Å²) in [6.45, 7) is 0. The molecule has 0 bridgehead atoms. The summed E-state index contributed by atoms with van der Waals surface area (Å²) in [5.41, 5.74) is 1.70. The van der Waals surface area contributed by atoms with E-state index in [1.165, 1.54) is 24.4 Å². The Kier molecular flexibility index (Phi) is 7.45. The molecule has 1 aliphatic carbocycles. The maximum Gasteiger partial charge on any atom is 0.416 e. The van der Waals surface area contributed by atoms with Crippen LogP contribution in [0.3, 0.4) is 0 Å². The highest BCUT2D eigenvalue weighted by molar-refractivity contribution is 5.95. The normalized spacial score (nSPS) is 18.3. The first kappa shape index (κ1) is 24.8. The van der Waals surface area contributed by atoms with E-state index in [4.69, 9.17) is 0 Å². The molecular weight excluding hydrogens is 462 g/mol. The van der Waals surface area contributed by atoms with Gasteiger partial charge in [-0.3, -0.25) is 14.8 Å². The zero-order valence-electron chi connectivity index (χ0n) is 18.9. The van der Waals surface area contributed by atoms with Gasteiger partial charge in [0.05, 0.1) is 29.5 Å². The van der Waals surface area contributed by atoms with Crippen LogP contribution in [0, 0.1) is 5.82 Å². The number of pyridine rings is 2. The number of aryl methyl sites for hydroxylation is 2. The van der Waals surface area contributed by atoms with Crippen LogP contribution in [0.2, 0.25) is 0 Å². The van der Waals surface area contributed by atoms with E-state index in [1.54, 1.807) is 12.1 Å².